The molecular weight excluding hydrogens is 938 g/mol. The summed E-state index contributed by atoms with van der Waals surface area (Å²) in [6, 6.07) is 7.47. The molecule has 0 unspecified atom stereocenters. The van der Waals surface area contributed by atoms with Crippen molar-refractivity contribution in [1.82, 2.24) is 0 Å². The Morgan fingerprint density at radius 3 is 1.75 bits per heavy atom. The summed E-state index contributed by atoms with van der Waals surface area (Å²) in [6.07, 6.45) is -15.1. The standard InChI is InChI=1S/C43H73NO22S.Na/c1-3-4-5-6-7-8-9-10-11-12-31(47)44-28-15-13-27(14-16-28)25-59-20-19-57-17-18-58-21-22-60-41-37(53)40(65-42-35(51)34(50)32(48)26(2)61-42)38(30(24-46)63-41)64-43-36(52)39(66-67(54,55)56)33(49)29(23-45)62-43;/h13-16,26,29-30,32-43,45-46,48-53H,3-12,17-25H2,1-2H3,(H,44,47)(H,54,55,56);/t26-,29+,30+,32+,33-,34+,35-,36+,37+,38+,39-,40+,41+,42-,43-;/m0./s1. The molecule has 1 aromatic rings. The van der Waals surface area contributed by atoms with Crippen LogP contribution in [-0.2, 0) is 68.6 Å². The molecule has 1 aromatic carbocycles. The quantitative estimate of drug-likeness (QED) is 0.0243. The summed E-state index contributed by atoms with van der Waals surface area (Å²) in [4.78, 5) is 12.3. The second kappa shape index (κ2) is 32.1. The molecule has 68 heavy (non-hydrogen) atoms. The molecule has 0 bridgehead atoms. The third-order valence-corrected chi connectivity index (χ3v) is 12.0. The fourth-order valence-corrected chi connectivity index (χ4v) is 8.22. The number of aliphatic hydroxyl groups excluding tert-OH is 8. The number of nitrogens with one attached hydrogen (secondary N) is 1. The minimum Gasteiger partial charge on any atom is -0.394 e. The largest absolute Gasteiger partial charge is 0.397 e. The van der Waals surface area contributed by atoms with Crippen LogP contribution in [0.1, 0.15) is 83.6 Å². The molecule has 10 N–H and O–H groups in total. The summed E-state index contributed by atoms with van der Waals surface area (Å²) < 4.78 is 87.7. The minimum absolute atomic E-state index is 0. The van der Waals surface area contributed by atoms with E-state index < -0.39 is 116 Å². The summed E-state index contributed by atoms with van der Waals surface area (Å²) in [7, 11) is -5.28. The van der Waals surface area contributed by atoms with Gasteiger partial charge in [0.25, 0.3) is 0 Å². The van der Waals surface area contributed by atoms with Crippen LogP contribution in [0.15, 0.2) is 24.3 Å². The van der Waals surface area contributed by atoms with Crippen LogP contribution in [0.4, 0.5) is 5.69 Å². The first-order valence-electron chi connectivity index (χ1n) is 23.0. The maximum absolute atomic E-state index is 12.3. The first-order valence-corrected chi connectivity index (χ1v) is 24.4. The third-order valence-electron chi connectivity index (χ3n) is 11.5. The summed E-state index contributed by atoms with van der Waals surface area (Å²) in [5.74, 6) is 0.00880. The maximum Gasteiger partial charge on any atom is 0.397 e. The van der Waals surface area contributed by atoms with Gasteiger partial charge in [-0.05, 0) is 31.0 Å². The Bertz CT molecular complexity index is 1640. The number of carbonyl (C=O) groups excluding carboxylic acids is 1. The Hall–Kier alpha value is -1.12. The number of rotatable bonds is 31. The fourth-order valence-electron chi connectivity index (χ4n) is 7.71. The van der Waals surface area contributed by atoms with Crippen molar-refractivity contribution in [3.05, 3.63) is 29.8 Å². The van der Waals surface area contributed by atoms with E-state index in [2.05, 4.69) is 16.4 Å². The molecule has 0 aliphatic carbocycles. The molecule has 3 saturated heterocycles. The van der Waals surface area contributed by atoms with Crippen LogP contribution in [0.25, 0.3) is 0 Å². The van der Waals surface area contributed by atoms with Crippen molar-refractivity contribution >= 4 is 51.6 Å². The summed E-state index contributed by atoms with van der Waals surface area (Å²) in [6.45, 7) is 2.88. The zero-order valence-corrected chi connectivity index (χ0v) is 42.0. The van der Waals surface area contributed by atoms with Crippen LogP contribution in [0.5, 0.6) is 0 Å². The Labute approximate surface area is 419 Å². The van der Waals surface area contributed by atoms with Gasteiger partial charge in [-0.1, -0.05) is 70.4 Å². The Balaban J connectivity index is 0.0000122. The fraction of sp³-hybridized carbons (Fsp3) is 0.837. The molecule has 0 spiro atoms. The monoisotopic (exact) mass is 1010 g/mol. The van der Waals surface area contributed by atoms with Crippen LogP contribution in [0.2, 0.25) is 0 Å². The van der Waals surface area contributed by atoms with E-state index in [0.717, 1.165) is 30.5 Å². The zero-order valence-electron chi connectivity index (χ0n) is 39.1. The van der Waals surface area contributed by atoms with Gasteiger partial charge in [-0.15, -0.1) is 0 Å². The molecule has 1 radical (unpaired) electrons. The zero-order chi connectivity index (χ0) is 48.9. The number of carbonyl (C=O) groups is 1. The number of ether oxygens (including phenoxy) is 9. The molecule has 3 fully saturated rings. The van der Waals surface area contributed by atoms with Gasteiger partial charge in [0.15, 0.2) is 18.9 Å². The van der Waals surface area contributed by atoms with E-state index in [9.17, 15) is 58.6 Å². The van der Waals surface area contributed by atoms with Gasteiger partial charge in [0.1, 0.15) is 67.1 Å². The number of hydrogen-bond acceptors (Lipinski definition) is 21. The van der Waals surface area contributed by atoms with Gasteiger partial charge in [0.05, 0.1) is 65.6 Å². The summed E-state index contributed by atoms with van der Waals surface area (Å²) in [5.41, 5.74) is 1.67. The third kappa shape index (κ3) is 20.1. The van der Waals surface area contributed by atoms with Crippen molar-refractivity contribution < 1.29 is 105 Å². The normalized spacial score (nSPS) is 32.1. The number of hydrogen-bond donors (Lipinski definition) is 10. The van der Waals surface area contributed by atoms with Gasteiger partial charge in [-0.3, -0.25) is 9.35 Å². The summed E-state index contributed by atoms with van der Waals surface area (Å²) >= 11 is 0. The molecule has 3 aliphatic rings. The minimum atomic E-state index is -5.28. The van der Waals surface area contributed by atoms with E-state index in [1.807, 2.05) is 24.3 Å². The van der Waals surface area contributed by atoms with E-state index in [-0.39, 0.29) is 68.5 Å². The van der Waals surface area contributed by atoms with Crippen molar-refractivity contribution in [3.8, 4) is 0 Å². The van der Waals surface area contributed by atoms with Gasteiger partial charge >= 0.3 is 10.4 Å². The number of benzene rings is 1. The molecule has 3 heterocycles. The smallest absolute Gasteiger partial charge is 0.394 e. The predicted octanol–water partition coefficient (Wildman–Crippen LogP) is -0.965. The Morgan fingerprint density at radius 1 is 0.618 bits per heavy atom. The molecule has 3 aliphatic heterocycles. The van der Waals surface area contributed by atoms with E-state index >= 15 is 0 Å². The van der Waals surface area contributed by atoms with Gasteiger partial charge in [0.2, 0.25) is 5.91 Å². The van der Waals surface area contributed by atoms with Gasteiger partial charge < -0.3 is 88.8 Å². The Kier molecular flexibility index (Phi) is 28.9. The van der Waals surface area contributed by atoms with Crippen LogP contribution in [0.3, 0.4) is 0 Å². The van der Waals surface area contributed by atoms with E-state index in [1.165, 1.54) is 45.4 Å². The van der Waals surface area contributed by atoms with Crippen molar-refractivity contribution in [2.24, 2.45) is 0 Å². The second-order valence-electron chi connectivity index (χ2n) is 16.8. The van der Waals surface area contributed by atoms with Gasteiger partial charge in [-0.2, -0.15) is 8.42 Å². The number of aliphatic hydroxyl groups is 8. The molecule has 15 atom stereocenters. The van der Waals surface area contributed by atoms with Crippen LogP contribution >= 0.6 is 0 Å². The molecule has 389 valence electrons. The maximum atomic E-state index is 12.3. The average Bonchev–Trinajstić information content (AvgIpc) is 3.30. The summed E-state index contributed by atoms with van der Waals surface area (Å²) in [5, 5.41) is 87.2. The number of unbranched alkanes of at least 4 members (excludes halogenated alkanes) is 8. The first-order chi connectivity index (χ1) is 32.1. The van der Waals surface area contributed by atoms with Crippen molar-refractivity contribution in [3.63, 3.8) is 0 Å². The van der Waals surface area contributed by atoms with Crippen LogP contribution in [-0.4, -0.2) is 234 Å². The van der Waals surface area contributed by atoms with E-state index in [0.29, 0.717) is 19.6 Å². The second-order valence-corrected chi connectivity index (χ2v) is 17.8. The molecular formula is C43H73NNaO22S. The van der Waals surface area contributed by atoms with E-state index in [1.54, 1.807) is 0 Å². The van der Waals surface area contributed by atoms with Crippen molar-refractivity contribution in [2.75, 3.05) is 58.2 Å². The first kappa shape index (κ1) is 61.2. The molecule has 1 amide bonds. The SMILES string of the molecule is CCCCCCCCCCCC(=O)Nc1ccc(COCCOCCOCCO[C@@H]2O[C@H](CO)[C@@H](O[C@@H]3O[C@H](CO)[C@H](O)[C@H](OS(=O)(=O)O)[C@H]3O)[C@H](O[C@@H]3O[C@@H](C)[C@@H](O)[C@@H](O)[C@@H]3O)[C@H]2O)cc1.[Na]. The molecule has 25 heteroatoms. The molecule has 23 nitrogen and oxygen atoms in total. The topological polar surface area (TPSA) is 338 Å². The molecule has 0 aromatic heterocycles. The van der Waals surface area contributed by atoms with Gasteiger partial charge in [-0.25, -0.2) is 4.18 Å². The average molecular weight is 1010 g/mol. The predicted molar refractivity (Wildman–Crippen MR) is 238 cm³/mol. The molecule has 0 saturated carbocycles. The van der Waals surface area contributed by atoms with Crippen molar-refractivity contribution in [2.45, 2.75) is 177 Å². The van der Waals surface area contributed by atoms with Crippen molar-refractivity contribution in [1.29, 1.82) is 0 Å². The number of anilines is 1. The number of amides is 1. The molecule has 4 rings (SSSR count). The Morgan fingerprint density at radius 2 is 1.15 bits per heavy atom. The van der Waals surface area contributed by atoms with E-state index in [4.69, 9.17) is 42.6 Å². The van der Waals surface area contributed by atoms with Crippen LogP contribution < -0.4 is 5.32 Å². The van der Waals surface area contributed by atoms with Gasteiger partial charge in [0, 0.05) is 41.7 Å². The van der Waals surface area contributed by atoms with Crippen LogP contribution in [0, 0.1) is 0 Å².